The average Bonchev–Trinajstić information content (AvgIpc) is 2.05. The van der Waals surface area contributed by atoms with E-state index in [1.165, 1.54) is 19.3 Å². The van der Waals surface area contributed by atoms with E-state index in [0.717, 1.165) is 19.5 Å². The van der Waals surface area contributed by atoms with Gasteiger partial charge in [-0.15, -0.1) is 12.4 Å². The van der Waals surface area contributed by atoms with E-state index in [1.54, 1.807) is 6.92 Å². The van der Waals surface area contributed by atoms with Gasteiger partial charge in [0, 0.05) is 19.5 Å². The van der Waals surface area contributed by atoms with Gasteiger partial charge in [0.2, 0.25) is 5.91 Å². The summed E-state index contributed by atoms with van der Waals surface area (Å²) < 4.78 is 0. The molecule has 1 rings (SSSR count). The quantitative estimate of drug-likeness (QED) is 0.726. The Morgan fingerprint density at radius 3 is 2.85 bits per heavy atom. The summed E-state index contributed by atoms with van der Waals surface area (Å²) >= 11 is 0. The van der Waals surface area contributed by atoms with Gasteiger partial charge < -0.3 is 10.6 Å². The number of carbonyl (C=O) groups is 1. The Morgan fingerprint density at radius 1 is 1.54 bits per heavy atom. The van der Waals surface area contributed by atoms with Crippen LogP contribution in [0.4, 0.5) is 0 Å². The Kier molecular flexibility index (Phi) is 7.00. The van der Waals surface area contributed by atoms with Crippen LogP contribution >= 0.6 is 12.4 Å². The maximum absolute atomic E-state index is 10.6. The molecule has 0 aromatic carbocycles. The van der Waals surface area contributed by atoms with Crippen LogP contribution < -0.4 is 10.6 Å². The van der Waals surface area contributed by atoms with Gasteiger partial charge in [0.1, 0.15) is 0 Å². The van der Waals surface area contributed by atoms with E-state index >= 15 is 0 Å². The van der Waals surface area contributed by atoms with Crippen LogP contribution in [0.1, 0.15) is 32.6 Å². The van der Waals surface area contributed by atoms with E-state index in [1.807, 2.05) is 0 Å². The number of rotatable bonds is 3. The molecule has 0 spiro atoms. The van der Waals surface area contributed by atoms with Crippen molar-refractivity contribution in [3.63, 3.8) is 0 Å². The summed E-state index contributed by atoms with van der Waals surface area (Å²) in [5, 5.41) is 6.26. The van der Waals surface area contributed by atoms with Crippen molar-refractivity contribution < 1.29 is 4.79 Å². The van der Waals surface area contributed by atoms with Gasteiger partial charge in [-0.2, -0.15) is 0 Å². The highest BCUT2D eigenvalue weighted by Gasteiger charge is 2.11. The molecule has 1 unspecified atom stereocenters. The number of nitrogens with one attached hydrogen (secondary N) is 2. The first kappa shape index (κ1) is 12.7. The fourth-order valence-electron chi connectivity index (χ4n) is 1.59. The zero-order valence-electron chi connectivity index (χ0n) is 8.14. The zero-order valence-corrected chi connectivity index (χ0v) is 8.95. The molecular weight excluding hydrogens is 188 g/mol. The van der Waals surface area contributed by atoms with Crippen molar-refractivity contribution >= 4 is 18.3 Å². The molecule has 1 atom stereocenters. The summed E-state index contributed by atoms with van der Waals surface area (Å²) in [5.41, 5.74) is 0. The van der Waals surface area contributed by atoms with Crippen molar-refractivity contribution in [2.24, 2.45) is 0 Å². The molecule has 0 aromatic heterocycles. The van der Waals surface area contributed by atoms with Crippen molar-refractivity contribution in [1.29, 1.82) is 0 Å². The molecule has 0 aromatic rings. The van der Waals surface area contributed by atoms with E-state index < -0.39 is 0 Å². The summed E-state index contributed by atoms with van der Waals surface area (Å²) in [4.78, 5) is 10.6. The third kappa shape index (κ3) is 5.88. The fourth-order valence-corrected chi connectivity index (χ4v) is 1.59. The lowest BCUT2D eigenvalue weighted by Crippen LogP contribution is -2.37. The topological polar surface area (TPSA) is 41.1 Å². The van der Waals surface area contributed by atoms with Gasteiger partial charge >= 0.3 is 0 Å². The van der Waals surface area contributed by atoms with E-state index in [-0.39, 0.29) is 18.3 Å². The van der Waals surface area contributed by atoms with Crippen molar-refractivity contribution in [3.8, 4) is 0 Å². The highest BCUT2D eigenvalue weighted by molar-refractivity contribution is 5.85. The molecule has 1 aliphatic heterocycles. The molecule has 1 saturated heterocycles. The third-order valence-electron chi connectivity index (χ3n) is 2.28. The lowest BCUT2D eigenvalue weighted by atomic mass is 10.0. The van der Waals surface area contributed by atoms with Gasteiger partial charge in [0.25, 0.3) is 0 Å². The standard InChI is InChI=1S/C9H18N2O.ClH/c1-8(12)10-7-5-9-4-2-3-6-11-9;/h9,11H,2-7H2,1H3,(H,10,12);1H. The second-order valence-electron chi connectivity index (χ2n) is 3.42. The van der Waals surface area contributed by atoms with Crippen LogP contribution in [-0.2, 0) is 4.79 Å². The lowest BCUT2D eigenvalue weighted by Gasteiger charge is -2.23. The molecule has 3 nitrogen and oxygen atoms in total. The molecule has 78 valence electrons. The van der Waals surface area contributed by atoms with Crippen LogP contribution in [0.5, 0.6) is 0 Å². The predicted molar refractivity (Wildman–Crippen MR) is 56.2 cm³/mol. The first-order valence-corrected chi connectivity index (χ1v) is 4.77. The summed E-state index contributed by atoms with van der Waals surface area (Å²) in [6.07, 6.45) is 4.97. The molecule has 1 amide bonds. The minimum Gasteiger partial charge on any atom is -0.356 e. The van der Waals surface area contributed by atoms with E-state index in [0.29, 0.717) is 6.04 Å². The smallest absolute Gasteiger partial charge is 0.216 e. The first-order valence-electron chi connectivity index (χ1n) is 4.77. The van der Waals surface area contributed by atoms with Crippen LogP contribution in [0.3, 0.4) is 0 Å². The van der Waals surface area contributed by atoms with E-state index in [4.69, 9.17) is 0 Å². The maximum atomic E-state index is 10.6. The molecule has 13 heavy (non-hydrogen) atoms. The number of hydrogen-bond donors (Lipinski definition) is 2. The van der Waals surface area contributed by atoms with Gasteiger partial charge in [-0.1, -0.05) is 6.42 Å². The zero-order chi connectivity index (χ0) is 8.81. The second-order valence-corrected chi connectivity index (χ2v) is 3.42. The van der Waals surface area contributed by atoms with Crippen LogP contribution in [0.2, 0.25) is 0 Å². The second kappa shape index (κ2) is 7.15. The molecule has 0 saturated carbocycles. The highest BCUT2D eigenvalue weighted by atomic mass is 35.5. The van der Waals surface area contributed by atoms with E-state index in [9.17, 15) is 4.79 Å². The van der Waals surface area contributed by atoms with Crippen LogP contribution in [0.25, 0.3) is 0 Å². The number of halogens is 1. The number of piperidine rings is 1. The highest BCUT2D eigenvalue weighted by Crippen LogP contribution is 2.08. The molecule has 0 radical (unpaired) electrons. The molecule has 1 heterocycles. The van der Waals surface area contributed by atoms with Crippen LogP contribution in [0.15, 0.2) is 0 Å². The number of amides is 1. The largest absolute Gasteiger partial charge is 0.356 e. The Morgan fingerprint density at radius 2 is 2.31 bits per heavy atom. The van der Waals surface area contributed by atoms with Crippen LogP contribution in [-0.4, -0.2) is 25.0 Å². The van der Waals surface area contributed by atoms with Crippen molar-refractivity contribution in [3.05, 3.63) is 0 Å². The molecule has 0 aliphatic carbocycles. The van der Waals surface area contributed by atoms with Crippen molar-refractivity contribution in [2.45, 2.75) is 38.6 Å². The summed E-state index contributed by atoms with van der Waals surface area (Å²) in [6.45, 7) is 3.52. The fraction of sp³-hybridized carbons (Fsp3) is 0.889. The summed E-state index contributed by atoms with van der Waals surface area (Å²) in [5.74, 6) is 0.0748. The van der Waals surface area contributed by atoms with E-state index in [2.05, 4.69) is 10.6 Å². The third-order valence-corrected chi connectivity index (χ3v) is 2.28. The Balaban J connectivity index is 0.00000144. The normalized spacial score (nSPS) is 21.8. The van der Waals surface area contributed by atoms with Gasteiger partial charge in [0.15, 0.2) is 0 Å². The SMILES string of the molecule is CC(=O)NCCC1CCCCN1.Cl. The van der Waals surface area contributed by atoms with Crippen molar-refractivity contribution in [2.75, 3.05) is 13.1 Å². The Labute approximate surface area is 86.1 Å². The minimum atomic E-state index is 0. The first-order chi connectivity index (χ1) is 5.79. The molecular formula is C9H19ClN2O. The van der Waals surface area contributed by atoms with Crippen molar-refractivity contribution in [1.82, 2.24) is 10.6 Å². The average molecular weight is 207 g/mol. The van der Waals surface area contributed by atoms with Gasteiger partial charge in [-0.25, -0.2) is 0 Å². The molecule has 1 aliphatic rings. The lowest BCUT2D eigenvalue weighted by molar-refractivity contribution is -0.118. The predicted octanol–water partition coefficient (Wildman–Crippen LogP) is 1.08. The molecule has 1 fully saturated rings. The molecule has 0 bridgehead atoms. The maximum Gasteiger partial charge on any atom is 0.216 e. The van der Waals surface area contributed by atoms with Gasteiger partial charge in [-0.05, 0) is 25.8 Å². The van der Waals surface area contributed by atoms with Gasteiger partial charge in [0.05, 0.1) is 0 Å². The summed E-state index contributed by atoms with van der Waals surface area (Å²) in [6, 6.07) is 0.630. The van der Waals surface area contributed by atoms with Gasteiger partial charge in [-0.3, -0.25) is 4.79 Å². The Bertz CT molecular complexity index is 147. The molecule has 4 heteroatoms. The molecule has 2 N–H and O–H groups in total. The van der Waals surface area contributed by atoms with Crippen LogP contribution in [0, 0.1) is 0 Å². The monoisotopic (exact) mass is 206 g/mol. The Hall–Kier alpha value is -0.280. The minimum absolute atomic E-state index is 0. The number of carbonyl (C=O) groups excluding carboxylic acids is 1. The summed E-state index contributed by atoms with van der Waals surface area (Å²) in [7, 11) is 0. The number of hydrogen-bond acceptors (Lipinski definition) is 2.